The third-order valence-electron chi connectivity index (χ3n) is 6.19. The molecule has 0 bridgehead atoms. The minimum atomic E-state index is -0.439. The number of nitrogens with zero attached hydrogens (tertiary/aromatic N) is 7. The maximum absolute atomic E-state index is 12.0. The molecule has 0 saturated carbocycles. The molecule has 1 amide bonds. The van der Waals surface area contributed by atoms with E-state index in [2.05, 4.69) is 20.4 Å². The second-order valence-corrected chi connectivity index (χ2v) is 8.30. The van der Waals surface area contributed by atoms with Gasteiger partial charge in [-0.2, -0.15) is 10.1 Å². The van der Waals surface area contributed by atoms with Crippen LogP contribution in [0.3, 0.4) is 0 Å². The average molecular weight is 494 g/mol. The predicted molar refractivity (Wildman–Crippen MR) is 132 cm³/mol. The van der Waals surface area contributed by atoms with E-state index in [9.17, 15) is 4.79 Å². The maximum atomic E-state index is 12.0. The highest BCUT2D eigenvalue weighted by atomic mass is 16.5. The third kappa shape index (κ3) is 3.97. The van der Waals surface area contributed by atoms with Crippen LogP contribution >= 0.6 is 0 Å². The molecule has 188 valence electrons. The van der Waals surface area contributed by atoms with E-state index in [0.29, 0.717) is 58.8 Å². The van der Waals surface area contributed by atoms with Gasteiger partial charge in [0, 0.05) is 25.7 Å². The number of nitrogens with two attached hydrogens (primary N) is 1. The highest BCUT2D eigenvalue weighted by Gasteiger charge is 2.32. The first-order valence-corrected chi connectivity index (χ1v) is 11.3. The lowest BCUT2D eigenvalue weighted by molar-refractivity contribution is -0.119. The molecule has 3 N–H and O–H groups in total. The van der Waals surface area contributed by atoms with Crippen LogP contribution in [0.4, 0.5) is 17.6 Å². The molecule has 0 aliphatic carbocycles. The smallest absolute Gasteiger partial charge is 0.240 e. The van der Waals surface area contributed by atoms with Gasteiger partial charge >= 0.3 is 0 Å². The van der Waals surface area contributed by atoms with Gasteiger partial charge in [-0.15, -0.1) is 0 Å². The molecule has 3 aromatic heterocycles. The zero-order chi connectivity index (χ0) is 25.4. The molecule has 1 fully saturated rings. The van der Waals surface area contributed by atoms with Gasteiger partial charge in [0.25, 0.3) is 0 Å². The van der Waals surface area contributed by atoms with Crippen LogP contribution in [0.5, 0.6) is 17.2 Å². The summed E-state index contributed by atoms with van der Waals surface area (Å²) >= 11 is 0. The van der Waals surface area contributed by atoms with Crippen LogP contribution < -0.4 is 30.2 Å². The van der Waals surface area contributed by atoms with Gasteiger partial charge in [-0.25, -0.2) is 9.97 Å². The Hall–Kier alpha value is -4.55. The molecule has 1 atom stereocenters. The SMILES string of the molecule is COc1cc(-n2cnc(Nc3nc(N4CCC[C@H]4C(N)=O)nc4cnn(C)c34)c2)cc(OC)c1OC. The van der Waals surface area contributed by atoms with Gasteiger partial charge in [0.1, 0.15) is 29.2 Å². The Bertz CT molecular complexity index is 1410. The van der Waals surface area contributed by atoms with E-state index >= 15 is 0 Å². The van der Waals surface area contributed by atoms with Crippen molar-refractivity contribution in [2.75, 3.05) is 38.1 Å². The number of aromatic nitrogens is 6. The van der Waals surface area contributed by atoms with Crippen LogP contribution in [0.25, 0.3) is 16.7 Å². The van der Waals surface area contributed by atoms with Crippen LogP contribution in [-0.2, 0) is 11.8 Å². The summed E-state index contributed by atoms with van der Waals surface area (Å²) in [6.45, 7) is 0.647. The van der Waals surface area contributed by atoms with Gasteiger partial charge in [-0.1, -0.05) is 0 Å². The summed E-state index contributed by atoms with van der Waals surface area (Å²) in [6, 6.07) is 3.21. The number of primary amides is 1. The number of carbonyl (C=O) groups excluding carboxylic acids is 1. The number of methoxy groups -OCH3 is 3. The molecule has 1 aliphatic rings. The molecule has 13 heteroatoms. The lowest BCUT2D eigenvalue weighted by Crippen LogP contribution is -2.41. The van der Waals surface area contributed by atoms with Crippen molar-refractivity contribution in [1.29, 1.82) is 0 Å². The number of aryl methyl sites for hydroxylation is 1. The van der Waals surface area contributed by atoms with E-state index in [-0.39, 0.29) is 5.91 Å². The standard InChI is InChI=1S/C23H27N9O4/c1-30-19-14(10-26-30)27-23(32-7-5-6-15(32)21(24)33)29-22(19)28-18-11-31(12-25-18)13-8-16(34-2)20(36-4)17(9-13)35-3/h8-12,15H,5-7H2,1-4H3,(H2,24,33)(H,27,28,29)/t15-/m0/s1. The van der Waals surface area contributed by atoms with Gasteiger partial charge in [0.15, 0.2) is 17.3 Å². The van der Waals surface area contributed by atoms with Crippen LogP contribution in [0.1, 0.15) is 12.8 Å². The number of imidazole rings is 1. The molecular formula is C23H27N9O4. The largest absolute Gasteiger partial charge is 0.493 e. The highest BCUT2D eigenvalue weighted by molar-refractivity contribution is 5.89. The van der Waals surface area contributed by atoms with Crippen LogP contribution in [0, 0.1) is 0 Å². The fourth-order valence-electron chi connectivity index (χ4n) is 4.45. The number of benzene rings is 1. The number of hydrogen-bond donors (Lipinski definition) is 2. The van der Waals surface area contributed by atoms with Crippen molar-refractivity contribution >= 4 is 34.5 Å². The van der Waals surface area contributed by atoms with E-state index < -0.39 is 6.04 Å². The Morgan fingerprint density at radius 2 is 1.89 bits per heavy atom. The summed E-state index contributed by atoms with van der Waals surface area (Å²) in [5, 5.41) is 7.60. The Morgan fingerprint density at radius 3 is 2.56 bits per heavy atom. The van der Waals surface area contributed by atoms with Gasteiger partial charge in [-0.3, -0.25) is 9.48 Å². The van der Waals surface area contributed by atoms with Crippen LogP contribution in [0.15, 0.2) is 30.9 Å². The predicted octanol–water partition coefficient (Wildman–Crippen LogP) is 1.77. The molecule has 4 heterocycles. The molecular weight excluding hydrogens is 466 g/mol. The molecule has 36 heavy (non-hydrogen) atoms. The van der Waals surface area contributed by atoms with Crippen molar-refractivity contribution in [1.82, 2.24) is 29.3 Å². The monoisotopic (exact) mass is 493 g/mol. The zero-order valence-electron chi connectivity index (χ0n) is 20.4. The normalized spacial score (nSPS) is 15.3. The van der Waals surface area contributed by atoms with Crippen molar-refractivity contribution in [3.63, 3.8) is 0 Å². The number of rotatable bonds is 8. The minimum Gasteiger partial charge on any atom is -0.493 e. The second-order valence-electron chi connectivity index (χ2n) is 8.30. The highest BCUT2D eigenvalue weighted by Crippen LogP contribution is 2.39. The molecule has 0 spiro atoms. The summed E-state index contributed by atoms with van der Waals surface area (Å²) in [6.07, 6.45) is 6.65. The minimum absolute atomic E-state index is 0.388. The fraction of sp³-hybridized carbons (Fsp3) is 0.348. The molecule has 5 rings (SSSR count). The van der Waals surface area contributed by atoms with E-state index in [4.69, 9.17) is 24.9 Å². The molecule has 1 saturated heterocycles. The zero-order valence-corrected chi connectivity index (χ0v) is 20.4. The maximum Gasteiger partial charge on any atom is 0.240 e. The van der Waals surface area contributed by atoms with Crippen molar-refractivity contribution in [2.24, 2.45) is 12.8 Å². The number of carbonyl (C=O) groups is 1. The van der Waals surface area contributed by atoms with Gasteiger partial charge in [0.2, 0.25) is 17.6 Å². The van der Waals surface area contributed by atoms with Crippen molar-refractivity contribution in [3.05, 3.63) is 30.9 Å². The number of amides is 1. The summed E-state index contributed by atoms with van der Waals surface area (Å²) in [5.74, 6) is 2.65. The summed E-state index contributed by atoms with van der Waals surface area (Å²) < 4.78 is 19.8. The molecule has 13 nitrogen and oxygen atoms in total. The lowest BCUT2D eigenvalue weighted by atomic mass is 10.2. The Morgan fingerprint density at radius 1 is 1.14 bits per heavy atom. The molecule has 0 unspecified atom stereocenters. The van der Waals surface area contributed by atoms with Gasteiger partial charge in [0.05, 0.1) is 39.4 Å². The summed E-state index contributed by atoms with van der Waals surface area (Å²) in [4.78, 5) is 27.7. The first-order valence-electron chi connectivity index (χ1n) is 11.3. The van der Waals surface area contributed by atoms with Crippen LogP contribution in [0.2, 0.25) is 0 Å². The average Bonchev–Trinajstić information content (AvgIpc) is 3.63. The van der Waals surface area contributed by atoms with E-state index in [1.807, 2.05) is 34.8 Å². The van der Waals surface area contributed by atoms with E-state index in [1.54, 1.807) is 38.5 Å². The Labute approximate surface area is 206 Å². The number of hydrogen-bond acceptors (Lipinski definition) is 10. The summed E-state index contributed by atoms with van der Waals surface area (Å²) in [5.41, 5.74) is 7.73. The molecule has 1 aliphatic heterocycles. The Kier molecular flexibility index (Phi) is 5.96. The number of anilines is 3. The van der Waals surface area contributed by atoms with E-state index in [1.165, 1.54) is 0 Å². The lowest BCUT2D eigenvalue weighted by Gasteiger charge is -2.22. The number of nitrogens with one attached hydrogen (secondary N) is 1. The fourth-order valence-corrected chi connectivity index (χ4v) is 4.45. The van der Waals surface area contributed by atoms with Gasteiger partial charge < -0.3 is 34.7 Å². The van der Waals surface area contributed by atoms with Crippen molar-refractivity contribution in [2.45, 2.75) is 18.9 Å². The van der Waals surface area contributed by atoms with Gasteiger partial charge in [-0.05, 0) is 12.8 Å². The molecule has 0 radical (unpaired) electrons. The molecule has 4 aromatic rings. The van der Waals surface area contributed by atoms with Crippen molar-refractivity contribution < 1.29 is 19.0 Å². The Balaban J connectivity index is 1.51. The first kappa shape index (κ1) is 23.2. The second kappa shape index (κ2) is 9.24. The number of ether oxygens (including phenoxy) is 3. The first-order chi connectivity index (χ1) is 17.4. The quantitative estimate of drug-likeness (QED) is 0.372. The number of fused-ring (bicyclic) bond motifs is 1. The molecule has 1 aromatic carbocycles. The van der Waals surface area contributed by atoms with Crippen LogP contribution in [-0.4, -0.2) is 69.1 Å². The topological polar surface area (TPSA) is 147 Å². The summed E-state index contributed by atoms with van der Waals surface area (Å²) in [7, 11) is 6.50. The third-order valence-corrected chi connectivity index (χ3v) is 6.19. The van der Waals surface area contributed by atoms with Crippen molar-refractivity contribution in [3.8, 4) is 22.9 Å². The van der Waals surface area contributed by atoms with E-state index in [0.717, 1.165) is 12.1 Å².